The van der Waals surface area contributed by atoms with Crippen molar-refractivity contribution in [1.82, 2.24) is 0 Å². The minimum Gasteiger partial charge on any atom is -0.324 e. The van der Waals surface area contributed by atoms with Crippen LogP contribution >= 0.6 is 0 Å². The fourth-order valence-corrected chi connectivity index (χ4v) is 1.97. The number of hydrogen-bond acceptors (Lipinski definition) is 1. The van der Waals surface area contributed by atoms with E-state index in [2.05, 4.69) is 0 Å². The lowest BCUT2D eigenvalue weighted by Gasteiger charge is -2.21. The van der Waals surface area contributed by atoms with Crippen molar-refractivity contribution >= 4 is 0 Å². The number of hydrogen-bond donors (Lipinski definition) is 1. The second kappa shape index (κ2) is 5.69. The molecule has 0 amide bonds. The molecule has 0 aliphatic carbocycles. The highest BCUT2D eigenvalue weighted by Gasteiger charge is 2.35. The molecular formula is C13H17F4N. The summed E-state index contributed by atoms with van der Waals surface area (Å²) in [5.41, 5.74) is 4.52. The summed E-state index contributed by atoms with van der Waals surface area (Å²) < 4.78 is 51.5. The Bertz CT molecular complexity index is 400. The number of benzene rings is 1. The lowest BCUT2D eigenvalue weighted by molar-refractivity contribution is -0.140. The van der Waals surface area contributed by atoms with Gasteiger partial charge in [-0.25, -0.2) is 4.39 Å². The van der Waals surface area contributed by atoms with E-state index in [-0.39, 0.29) is 11.5 Å². The SMILES string of the molecule is CCCC(C)C(N)c1cccc(C(F)(F)F)c1F. The predicted molar refractivity (Wildman–Crippen MR) is 62.4 cm³/mol. The van der Waals surface area contributed by atoms with Gasteiger partial charge in [0.2, 0.25) is 0 Å². The van der Waals surface area contributed by atoms with Gasteiger partial charge in [0, 0.05) is 11.6 Å². The van der Waals surface area contributed by atoms with E-state index in [0.29, 0.717) is 0 Å². The Morgan fingerprint density at radius 1 is 1.28 bits per heavy atom. The molecule has 1 rings (SSSR count). The monoisotopic (exact) mass is 263 g/mol. The van der Waals surface area contributed by atoms with Crippen molar-refractivity contribution in [2.24, 2.45) is 11.7 Å². The molecule has 18 heavy (non-hydrogen) atoms. The van der Waals surface area contributed by atoms with Crippen molar-refractivity contribution in [2.75, 3.05) is 0 Å². The molecule has 0 aliphatic heterocycles. The molecule has 0 aliphatic rings. The minimum atomic E-state index is -4.69. The normalized spacial score (nSPS) is 15.5. The van der Waals surface area contributed by atoms with Crippen molar-refractivity contribution in [2.45, 2.75) is 38.9 Å². The summed E-state index contributed by atoms with van der Waals surface area (Å²) in [7, 11) is 0. The van der Waals surface area contributed by atoms with Crippen molar-refractivity contribution in [1.29, 1.82) is 0 Å². The summed E-state index contributed by atoms with van der Waals surface area (Å²) in [6.07, 6.45) is -3.08. The fraction of sp³-hybridized carbons (Fsp3) is 0.538. The van der Waals surface area contributed by atoms with E-state index < -0.39 is 23.6 Å². The van der Waals surface area contributed by atoms with Crippen LogP contribution in [0.5, 0.6) is 0 Å². The molecule has 0 heterocycles. The van der Waals surface area contributed by atoms with Gasteiger partial charge in [0.25, 0.3) is 0 Å². The molecule has 0 saturated heterocycles. The van der Waals surface area contributed by atoms with E-state index in [0.717, 1.165) is 18.9 Å². The third-order valence-corrected chi connectivity index (χ3v) is 3.05. The average Bonchev–Trinajstić information content (AvgIpc) is 2.27. The molecule has 0 aromatic heterocycles. The van der Waals surface area contributed by atoms with E-state index in [1.807, 2.05) is 13.8 Å². The molecule has 0 bridgehead atoms. The lowest BCUT2D eigenvalue weighted by atomic mass is 9.90. The van der Waals surface area contributed by atoms with Crippen LogP contribution in [-0.2, 0) is 6.18 Å². The Balaban J connectivity index is 3.11. The zero-order valence-corrected chi connectivity index (χ0v) is 10.4. The Morgan fingerprint density at radius 2 is 1.89 bits per heavy atom. The number of rotatable bonds is 4. The summed E-state index contributed by atoms with van der Waals surface area (Å²) in [6.45, 7) is 3.76. The maximum absolute atomic E-state index is 13.8. The summed E-state index contributed by atoms with van der Waals surface area (Å²) in [4.78, 5) is 0. The van der Waals surface area contributed by atoms with Crippen LogP contribution in [0, 0.1) is 11.7 Å². The van der Waals surface area contributed by atoms with Crippen molar-refractivity contribution in [3.8, 4) is 0 Å². The summed E-state index contributed by atoms with van der Waals surface area (Å²) in [5.74, 6) is -1.31. The Hall–Kier alpha value is -1.10. The fourth-order valence-electron chi connectivity index (χ4n) is 1.97. The van der Waals surface area contributed by atoms with E-state index in [9.17, 15) is 17.6 Å². The van der Waals surface area contributed by atoms with Crippen LogP contribution in [0.2, 0.25) is 0 Å². The van der Waals surface area contributed by atoms with Crippen LogP contribution in [0.1, 0.15) is 43.9 Å². The van der Waals surface area contributed by atoms with Gasteiger partial charge >= 0.3 is 6.18 Å². The van der Waals surface area contributed by atoms with Gasteiger partial charge in [-0.2, -0.15) is 13.2 Å². The summed E-state index contributed by atoms with van der Waals surface area (Å²) in [6, 6.07) is 2.53. The smallest absolute Gasteiger partial charge is 0.324 e. The second-order valence-corrected chi connectivity index (χ2v) is 4.50. The van der Waals surface area contributed by atoms with Crippen LogP contribution in [0.15, 0.2) is 18.2 Å². The van der Waals surface area contributed by atoms with E-state index in [1.54, 1.807) is 0 Å². The average molecular weight is 263 g/mol. The lowest BCUT2D eigenvalue weighted by Crippen LogP contribution is -2.22. The molecule has 5 heteroatoms. The van der Waals surface area contributed by atoms with Crippen LogP contribution < -0.4 is 5.73 Å². The molecule has 1 nitrogen and oxygen atoms in total. The molecule has 1 aromatic rings. The van der Waals surface area contributed by atoms with Gasteiger partial charge in [0.15, 0.2) is 0 Å². The van der Waals surface area contributed by atoms with Gasteiger partial charge in [-0.1, -0.05) is 32.4 Å². The Kier molecular flexibility index (Phi) is 4.73. The largest absolute Gasteiger partial charge is 0.419 e. The van der Waals surface area contributed by atoms with E-state index in [1.165, 1.54) is 12.1 Å². The number of halogens is 4. The first-order chi connectivity index (χ1) is 8.29. The van der Waals surface area contributed by atoms with Gasteiger partial charge in [-0.15, -0.1) is 0 Å². The molecule has 0 spiro atoms. The molecule has 1 aromatic carbocycles. The predicted octanol–water partition coefficient (Wildman–Crippen LogP) is 4.28. The van der Waals surface area contributed by atoms with Crippen molar-refractivity contribution < 1.29 is 17.6 Å². The van der Waals surface area contributed by atoms with Gasteiger partial charge in [0.1, 0.15) is 5.82 Å². The maximum Gasteiger partial charge on any atom is 0.419 e. The molecule has 0 saturated carbocycles. The van der Waals surface area contributed by atoms with Crippen LogP contribution in [0.3, 0.4) is 0 Å². The van der Waals surface area contributed by atoms with Gasteiger partial charge in [0.05, 0.1) is 5.56 Å². The molecule has 0 fully saturated rings. The van der Waals surface area contributed by atoms with Crippen LogP contribution in [0.25, 0.3) is 0 Å². The van der Waals surface area contributed by atoms with E-state index >= 15 is 0 Å². The second-order valence-electron chi connectivity index (χ2n) is 4.50. The van der Waals surface area contributed by atoms with Crippen molar-refractivity contribution in [3.05, 3.63) is 35.1 Å². The molecule has 102 valence electrons. The molecule has 2 atom stereocenters. The standard InChI is InChI=1S/C13H17F4N/c1-3-5-8(2)12(18)9-6-4-7-10(11(9)14)13(15,16)17/h4,6-8,12H,3,5,18H2,1-2H3. The topological polar surface area (TPSA) is 26.0 Å². The quantitative estimate of drug-likeness (QED) is 0.806. The molecule has 2 unspecified atom stereocenters. The highest BCUT2D eigenvalue weighted by atomic mass is 19.4. The van der Waals surface area contributed by atoms with Gasteiger partial charge in [-0.05, 0) is 18.4 Å². The molecular weight excluding hydrogens is 246 g/mol. The first-order valence-corrected chi connectivity index (χ1v) is 5.90. The third kappa shape index (κ3) is 3.22. The van der Waals surface area contributed by atoms with Crippen LogP contribution in [0.4, 0.5) is 17.6 Å². The Morgan fingerprint density at radius 3 is 2.39 bits per heavy atom. The first-order valence-electron chi connectivity index (χ1n) is 5.90. The van der Waals surface area contributed by atoms with Gasteiger partial charge in [-0.3, -0.25) is 0 Å². The van der Waals surface area contributed by atoms with Gasteiger partial charge < -0.3 is 5.73 Å². The number of nitrogens with two attached hydrogens (primary N) is 1. The minimum absolute atomic E-state index is 0.0621. The molecule has 2 N–H and O–H groups in total. The van der Waals surface area contributed by atoms with Crippen LogP contribution in [-0.4, -0.2) is 0 Å². The highest BCUT2D eigenvalue weighted by molar-refractivity contribution is 5.30. The maximum atomic E-state index is 13.8. The zero-order chi connectivity index (χ0) is 13.9. The summed E-state index contributed by atoms with van der Waals surface area (Å²) in [5, 5.41) is 0. The van der Waals surface area contributed by atoms with Crippen molar-refractivity contribution in [3.63, 3.8) is 0 Å². The summed E-state index contributed by atoms with van der Waals surface area (Å²) >= 11 is 0. The highest BCUT2D eigenvalue weighted by Crippen LogP contribution is 2.35. The number of alkyl halides is 3. The van der Waals surface area contributed by atoms with E-state index in [4.69, 9.17) is 5.73 Å². The first kappa shape index (κ1) is 15.0. The Labute approximate surface area is 104 Å². The zero-order valence-electron chi connectivity index (χ0n) is 10.4. The molecule has 0 radical (unpaired) electrons. The third-order valence-electron chi connectivity index (χ3n) is 3.05.